The van der Waals surface area contributed by atoms with Crippen molar-refractivity contribution in [2.24, 2.45) is 11.1 Å². The summed E-state index contributed by atoms with van der Waals surface area (Å²) in [6.07, 6.45) is -0.764. The van der Waals surface area contributed by atoms with Gasteiger partial charge in [-0.15, -0.1) is 12.4 Å². The van der Waals surface area contributed by atoms with Gasteiger partial charge in [0.1, 0.15) is 0 Å². The second-order valence-corrected chi connectivity index (χ2v) is 3.05. The van der Waals surface area contributed by atoms with Gasteiger partial charge in [0.25, 0.3) is 0 Å². The van der Waals surface area contributed by atoms with Crippen LogP contribution in [0, 0.1) is 5.41 Å². The molecule has 2 N–H and O–H groups in total. The minimum Gasteiger partial charge on any atom is -0.330 e. The van der Waals surface area contributed by atoms with Crippen LogP contribution in [0.3, 0.4) is 0 Å². The fraction of sp³-hybridized carbons (Fsp3) is 1.00. The molecule has 1 aliphatic carbocycles. The lowest BCUT2D eigenvalue weighted by Gasteiger charge is -2.44. The molecule has 11 heavy (non-hydrogen) atoms. The normalized spacial score (nSPS) is 25.1. The van der Waals surface area contributed by atoms with E-state index < -0.39 is 18.0 Å². The standard InChI is InChI=1S/C6H10F3N.ClH/c7-3-5(4-10)1-6(8,9)2-5;/h1-4,10H2;1H. The van der Waals surface area contributed by atoms with Gasteiger partial charge in [0.05, 0.1) is 6.67 Å². The van der Waals surface area contributed by atoms with Gasteiger partial charge in [0, 0.05) is 24.8 Å². The van der Waals surface area contributed by atoms with E-state index in [1.54, 1.807) is 0 Å². The highest BCUT2D eigenvalue weighted by molar-refractivity contribution is 5.85. The maximum atomic E-state index is 12.2. The summed E-state index contributed by atoms with van der Waals surface area (Å²) in [6.45, 7) is -0.696. The Labute approximate surface area is 69.5 Å². The maximum Gasteiger partial charge on any atom is 0.249 e. The fourth-order valence-corrected chi connectivity index (χ4v) is 1.34. The first-order valence-electron chi connectivity index (χ1n) is 3.17. The molecule has 0 saturated heterocycles. The Morgan fingerprint density at radius 2 is 1.73 bits per heavy atom. The molecule has 1 saturated carbocycles. The van der Waals surface area contributed by atoms with Crippen LogP contribution < -0.4 is 5.73 Å². The summed E-state index contributed by atoms with van der Waals surface area (Å²) >= 11 is 0. The first-order chi connectivity index (χ1) is 4.54. The molecule has 0 radical (unpaired) electrons. The van der Waals surface area contributed by atoms with E-state index in [9.17, 15) is 13.2 Å². The summed E-state index contributed by atoms with van der Waals surface area (Å²) in [5.41, 5.74) is 4.23. The average molecular weight is 190 g/mol. The largest absolute Gasteiger partial charge is 0.330 e. The van der Waals surface area contributed by atoms with Crippen molar-refractivity contribution in [3.63, 3.8) is 0 Å². The second kappa shape index (κ2) is 3.19. The van der Waals surface area contributed by atoms with Crippen molar-refractivity contribution in [3.8, 4) is 0 Å². The number of alkyl halides is 3. The van der Waals surface area contributed by atoms with Crippen LogP contribution in [0.2, 0.25) is 0 Å². The van der Waals surface area contributed by atoms with Crippen molar-refractivity contribution in [2.75, 3.05) is 13.2 Å². The predicted molar refractivity (Wildman–Crippen MR) is 38.9 cm³/mol. The van der Waals surface area contributed by atoms with Crippen LogP contribution in [0.15, 0.2) is 0 Å². The van der Waals surface area contributed by atoms with Gasteiger partial charge in [0.2, 0.25) is 5.92 Å². The Kier molecular flexibility index (Phi) is 3.20. The van der Waals surface area contributed by atoms with Crippen LogP contribution >= 0.6 is 12.4 Å². The van der Waals surface area contributed by atoms with Crippen molar-refractivity contribution in [1.29, 1.82) is 0 Å². The van der Waals surface area contributed by atoms with Gasteiger partial charge in [0.15, 0.2) is 0 Å². The first kappa shape index (κ1) is 11.0. The van der Waals surface area contributed by atoms with Gasteiger partial charge in [-0.3, -0.25) is 4.39 Å². The monoisotopic (exact) mass is 189 g/mol. The zero-order valence-electron chi connectivity index (χ0n) is 5.95. The van der Waals surface area contributed by atoms with Crippen molar-refractivity contribution in [3.05, 3.63) is 0 Å². The summed E-state index contributed by atoms with van der Waals surface area (Å²) in [5, 5.41) is 0. The van der Waals surface area contributed by atoms with E-state index in [1.165, 1.54) is 0 Å². The number of hydrogen-bond acceptors (Lipinski definition) is 1. The third-order valence-corrected chi connectivity index (χ3v) is 1.98. The number of rotatable bonds is 2. The molecule has 5 heteroatoms. The van der Waals surface area contributed by atoms with E-state index in [-0.39, 0.29) is 31.8 Å². The molecule has 0 aromatic carbocycles. The van der Waals surface area contributed by atoms with Crippen molar-refractivity contribution in [2.45, 2.75) is 18.8 Å². The highest BCUT2D eigenvalue weighted by atomic mass is 35.5. The summed E-state index contributed by atoms with van der Waals surface area (Å²) < 4.78 is 36.4. The van der Waals surface area contributed by atoms with Gasteiger partial charge >= 0.3 is 0 Å². The Bertz CT molecular complexity index is 126. The SMILES string of the molecule is Cl.NCC1(CF)CC(F)(F)C1. The molecule has 0 spiro atoms. The Morgan fingerprint density at radius 3 is 1.82 bits per heavy atom. The van der Waals surface area contributed by atoms with E-state index in [1.807, 2.05) is 0 Å². The molecule has 0 unspecified atom stereocenters. The van der Waals surface area contributed by atoms with E-state index in [2.05, 4.69) is 0 Å². The van der Waals surface area contributed by atoms with Gasteiger partial charge in [-0.2, -0.15) is 0 Å². The van der Waals surface area contributed by atoms with E-state index in [4.69, 9.17) is 5.73 Å². The molecular weight excluding hydrogens is 179 g/mol. The highest BCUT2D eigenvalue weighted by Crippen LogP contribution is 2.51. The molecule has 0 amide bonds. The zero-order valence-corrected chi connectivity index (χ0v) is 6.76. The quantitative estimate of drug-likeness (QED) is 0.704. The molecule has 0 bridgehead atoms. The molecule has 0 aromatic rings. The Hall–Kier alpha value is 0.0400. The second-order valence-electron chi connectivity index (χ2n) is 3.05. The molecule has 0 aliphatic heterocycles. The van der Waals surface area contributed by atoms with Crippen LogP contribution in [0.5, 0.6) is 0 Å². The summed E-state index contributed by atoms with van der Waals surface area (Å²) in [4.78, 5) is 0. The predicted octanol–water partition coefficient (Wildman–Crippen LogP) is 1.75. The molecule has 0 aromatic heterocycles. The third kappa shape index (κ3) is 1.99. The van der Waals surface area contributed by atoms with Crippen molar-refractivity contribution in [1.82, 2.24) is 0 Å². The zero-order chi connectivity index (χ0) is 7.83. The van der Waals surface area contributed by atoms with Gasteiger partial charge in [-0.05, 0) is 0 Å². The molecule has 1 aliphatic rings. The lowest BCUT2D eigenvalue weighted by Crippen LogP contribution is -2.51. The Morgan fingerprint density at radius 1 is 1.27 bits per heavy atom. The first-order valence-corrected chi connectivity index (χ1v) is 3.17. The van der Waals surface area contributed by atoms with Gasteiger partial charge in [-0.1, -0.05) is 0 Å². The minimum absolute atomic E-state index is 0. The minimum atomic E-state index is -2.66. The van der Waals surface area contributed by atoms with E-state index in [0.29, 0.717) is 0 Å². The van der Waals surface area contributed by atoms with E-state index in [0.717, 1.165) is 0 Å². The highest BCUT2D eigenvalue weighted by Gasteiger charge is 2.55. The lowest BCUT2D eigenvalue weighted by atomic mass is 9.67. The van der Waals surface area contributed by atoms with Crippen LogP contribution in [0.25, 0.3) is 0 Å². The van der Waals surface area contributed by atoms with Crippen LogP contribution in [-0.4, -0.2) is 19.1 Å². The lowest BCUT2D eigenvalue weighted by molar-refractivity contribution is -0.163. The topological polar surface area (TPSA) is 26.0 Å². The van der Waals surface area contributed by atoms with Crippen LogP contribution in [0.1, 0.15) is 12.8 Å². The molecule has 0 heterocycles. The summed E-state index contributed by atoms with van der Waals surface area (Å²) in [6, 6.07) is 0. The number of nitrogens with two attached hydrogens (primary N) is 1. The van der Waals surface area contributed by atoms with Crippen molar-refractivity contribution < 1.29 is 13.2 Å². The van der Waals surface area contributed by atoms with E-state index >= 15 is 0 Å². The van der Waals surface area contributed by atoms with Crippen LogP contribution in [0.4, 0.5) is 13.2 Å². The summed E-state index contributed by atoms with van der Waals surface area (Å²) in [5.74, 6) is -2.66. The molecule has 1 fully saturated rings. The van der Waals surface area contributed by atoms with Gasteiger partial charge < -0.3 is 5.73 Å². The molecular formula is C6H11ClF3N. The summed E-state index contributed by atoms with van der Waals surface area (Å²) in [7, 11) is 0. The number of hydrogen-bond donors (Lipinski definition) is 1. The number of halogens is 4. The smallest absolute Gasteiger partial charge is 0.249 e. The molecule has 1 rings (SSSR count). The molecule has 1 nitrogen and oxygen atoms in total. The maximum absolute atomic E-state index is 12.2. The Balaban J connectivity index is 0.000001000. The van der Waals surface area contributed by atoms with Crippen molar-refractivity contribution >= 4 is 12.4 Å². The molecule has 68 valence electrons. The average Bonchev–Trinajstić information content (AvgIpc) is 1.82. The van der Waals surface area contributed by atoms with Gasteiger partial charge in [-0.25, -0.2) is 8.78 Å². The third-order valence-electron chi connectivity index (χ3n) is 1.98. The molecule has 0 atom stereocenters. The van der Waals surface area contributed by atoms with Crippen LogP contribution in [-0.2, 0) is 0 Å². The fourth-order valence-electron chi connectivity index (χ4n) is 1.34.